The second-order valence-corrected chi connectivity index (χ2v) is 5.02. The van der Waals surface area contributed by atoms with E-state index in [-0.39, 0.29) is 30.5 Å². The Hall–Kier alpha value is -1.57. The maximum Gasteiger partial charge on any atom is 0.416 e. The third-order valence-corrected chi connectivity index (χ3v) is 3.38. The Morgan fingerprint density at radius 3 is 2.61 bits per heavy atom. The highest BCUT2D eigenvalue weighted by Gasteiger charge is 2.31. The van der Waals surface area contributed by atoms with E-state index in [2.05, 4.69) is 21.1 Å². The number of ether oxygens (including phenoxy) is 1. The van der Waals surface area contributed by atoms with Crippen LogP contribution in [0.5, 0.6) is 0 Å². The van der Waals surface area contributed by atoms with Gasteiger partial charge in [0.2, 0.25) is 0 Å². The average Bonchev–Trinajstić information content (AvgIpc) is 2.88. The lowest BCUT2D eigenvalue weighted by Crippen LogP contribution is -2.10. The van der Waals surface area contributed by atoms with Crippen molar-refractivity contribution >= 4 is 21.9 Å². The number of nitrogens with zero attached hydrogens (tertiary/aromatic N) is 1. The molecule has 1 heterocycles. The lowest BCUT2D eigenvalue weighted by Gasteiger charge is -2.06. The molecule has 0 aliphatic rings. The molecule has 0 bridgehead atoms. The molecule has 23 heavy (non-hydrogen) atoms. The molecule has 0 saturated heterocycles. The number of rotatable bonds is 7. The Morgan fingerprint density at radius 1 is 1.39 bits per heavy atom. The fraction of sp³-hybridized carbons (Fsp3) is 0.467. The Labute approximate surface area is 140 Å². The molecule has 0 spiro atoms. The molecule has 0 atom stereocenters. The number of hydrogen-bond acceptors (Lipinski definition) is 4. The molecule has 0 fully saturated rings. The Morgan fingerprint density at radius 2 is 2.09 bits per heavy atom. The number of carbonyl (C=O) groups excluding carboxylic acids is 1. The third kappa shape index (κ3) is 5.53. The van der Waals surface area contributed by atoms with Gasteiger partial charge in [-0.3, -0.25) is 0 Å². The summed E-state index contributed by atoms with van der Waals surface area (Å²) in [5.74, 6) is -0.304. The second-order valence-electron chi connectivity index (χ2n) is 4.46. The largest absolute Gasteiger partial charge is 0.461 e. The molecule has 0 amide bonds. The molecule has 4 nitrogen and oxygen atoms in total. The van der Waals surface area contributed by atoms with Gasteiger partial charge in [0.15, 0.2) is 5.69 Å². The number of halogens is 4. The van der Waals surface area contributed by atoms with Crippen molar-refractivity contribution in [3.05, 3.63) is 40.8 Å². The predicted molar refractivity (Wildman–Crippen MR) is 82.4 cm³/mol. The van der Waals surface area contributed by atoms with Gasteiger partial charge >= 0.3 is 12.1 Å². The van der Waals surface area contributed by atoms with Gasteiger partial charge in [0.05, 0.1) is 12.2 Å². The van der Waals surface area contributed by atoms with Crippen molar-refractivity contribution in [2.24, 2.45) is 0 Å². The zero-order valence-corrected chi connectivity index (χ0v) is 14.3. The summed E-state index contributed by atoms with van der Waals surface area (Å²) in [6.07, 6.45) is -0.606. The molecule has 0 aromatic carbocycles. The highest BCUT2D eigenvalue weighted by atomic mass is 79.9. The fourth-order valence-corrected chi connectivity index (χ4v) is 2.37. The lowest BCUT2D eigenvalue weighted by molar-refractivity contribution is -0.0884. The molecule has 1 aromatic heterocycles. The van der Waals surface area contributed by atoms with Crippen LogP contribution in [0.2, 0.25) is 0 Å². The molecule has 0 N–H and O–H groups in total. The van der Waals surface area contributed by atoms with Crippen LogP contribution in [0.3, 0.4) is 0 Å². The average molecular weight is 396 g/mol. The summed E-state index contributed by atoms with van der Waals surface area (Å²) >= 11 is 3.21. The first-order chi connectivity index (χ1) is 10.8. The van der Waals surface area contributed by atoms with Crippen LogP contribution in [0.25, 0.3) is 0 Å². The summed E-state index contributed by atoms with van der Waals surface area (Å²) in [5.41, 5.74) is -0.209. The van der Waals surface area contributed by atoms with Gasteiger partial charge in [-0.15, -0.1) is 0 Å². The van der Waals surface area contributed by atoms with Crippen LogP contribution in [0.15, 0.2) is 28.3 Å². The molecule has 128 valence electrons. The topological polar surface area (TPSA) is 52.3 Å². The van der Waals surface area contributed by atoms with Crippen LogP contribution in [0.1, 0.15) is 42.1 Å². The standard InChI is InChI=1S/C15H17BrF3NO3/c1-3-6-10(15(17,18)19)7-5-8-12-11(9-16)13(20-23-12)14(21)22-4-2/h5-7H,3-4,8-9H2,1-2H3. The van der Waals surface area contributed by atoms with E-state index in [1.165, 1.54) is 6.08 Å². The highest BCUT2D eigenvalue weighted by Crippen LogP contribution is 2.27. The minimum Gasteiger partial charge on any atom is -0.461 e. The number of hydrogen-bond donors (Lipinski definition) is 0. The summed E-state index contributed by atoms with van der Waals surface area (Å²) in [4.78, 5) is 11.7. The predicted octanol–water partition coefficient (Wildman–Crippen LogP) is 4.74. The number of esters is 1. The molecule has 0 aliphatic carbocycles. The maximum absolute atomic E-state index is 12.7. The quantitative estimate of drug-likeness (QED) is 0.380. The third-order valence-electron chi connectivity index (χ3n) is 2.82. The van der Waals surface area contributed by atoms with E-state index < -0.39 is 17.7 Å². The minimum absolute atomic E-state index is 0.0345. The summed E-state index contributed by atoms with van der Waals surface area (Å²) in [7, 11) is 0. The summed E-state index contributed by atoms with van der Waals surface area (Å²) in [6, 6.07) is 0. The molecule has 0 aliphatic heterocycles. The van der Waals surface area contributed by atoms with Crippen LogP contribution in [0.4, 0.5) is 13.2 Å². The van der Waals surface area contributed by atoms with Crippen LogP contribution in [-0.4, -0.2) is 23.9 Å². The van der Waals surface area contributed by atoms with Crippen molar-refractivity contribution in [3.8, 4) is 0 Å². The van der Waals surface area contributed by atoms with Gasteiger partial charge in [-0.2, -0.15) is 13.2 Å². The van der Waals surface area contributed by atoms with Gasteiger partial charge in [-0.05, 0) is 13.3 Å². The number of alkyl halides is 4. The number of aromatic nitrogens is 1. The van der Waals surface area contributed by atoms with E-state index >= 15 is 0 Å². The molecule has 0 radical (unpaired) electrons. The highest BCUT2D eigenvalue weighted by molar-refractivity contribution is 9.08. The molecule has 1 aromatic rings. The second kappa shape index (κ2) is 8.90. The Kier molecular flexibility index (Phi) is 7.54. The summed E-state index contributed by atoms with van der Waals surface area (Å²) in [6.45, 7) is 3.48. The first-order valence-corrected chi connectivity index (χ1v) is 8.11. The summed E-state index contributed by atoms with van der Waals surface area (Å²) < 4.78 is 48.1. The van der Waals surface area contributed by atoms with E-state index in [4.69, 9.17) is 9.26 Å². The van der Waals surface area contributed by atoms with E-state index in [1.54, 1.807) is 13.8 Å². The van der Waals surface area contributed by atoms with Crippen molar-refractivity contribution < 1.29 is 27.2 Å². The van der Waals surface area contributed by atoms with Crippen LogP contribution >= 0.6 is 15.9 Å². The summed E-state index contributed by atoms with van der Waals surface area (Å²) in [5, 5.41) is 3.92. The van der Waals surface area contributed by atoms with E-state index in [0.717, 1.165) is 12.2 Å². The van der Waals surface area contributed by atoms with E-state index in [1.807, 2.05) is 0 Å². The maximum atomic E-state index is 12.7. The van der Waals surface area contributed by atoms with Gasteiger partial charge in [0.1, 0.15) is 5.76 Å². The van der Waals surface area contributed by atoms with Gasteiger partial charge in [0, 0.05) is 17.3 Å². The lowest BCUT2D eigenvalue weighted by atomic mass is 10.1. The molecule has 1 rings (SSSR count). The zero-order chi connectivity index (χ0) is 17.5. The fourth-order valence-electron chi connectivity index (χ4n) is 1.79. The van der Waals surface area contributed by atoms with Crippen LogP contribution < -0.4 is 0 Å². The number of allylic oxidation sites excluding steroid dienone is 4. The van der Waals surface area contributed by atoms with Crippen LogP contribution in [-0.2, 0) is 16.5 Å². The molecule has 0 saturated carbocycles. The molecule has 0 unspecified atom stereocenters. The van der Waals surface area contributed by atoms with Crippen LogP contribution in [0, 0.1) is 0 Å². The van der Waals surface area contributed by atoms with Crippen molar-refractivity contribution in [2.45, 2.75) is 38.2 Å². The first kappa shape index (κ1) is 19.5. The first-order valence-electron chi connectivity index (χ1n) is 6.99. The molecular formula is C15H17BrF3NO3. The van der Waals surface area contributed by atoms with Crippen molar-refractivity contribution in [2.75, 3.05) is 6.61 Å². The van der Waals surface area contributed by atoms with Gasteiger partial charge in [-0.1, -0.05) is 46.2 Å². The monoisotopic (exact) mass is 395 g/mol. The van der Waals surface area contributed by atoms with E-state index in [0.29, 0.717) is 11.3 Å². The zero-order valence-electron chi connectivity index (χ0n) is 12.7. The van der Waals surface area contributed by atoms with Crippen molar-refractivity contribution in [1.29, 1.82) is 0 Å². The van der Waals surface area contributed by atoms with Crippen molar-refractivity contribution in [3.63, 3.8) is 0 Å². The minimum atomic E-state index is -4.40. The van der Waals surface area contributed by atoms with Gasteiger partial charge in [-0.25, -0.2) is 4.79 Å². The SMILES string of the molecule is CCC=C(C=CCc1onc(C(=O)OCC)c1CBr)C(F)(F)F. The smallest absolute Gasteiger partial charge is 0.416 e. The van der Waals surface area contributed by atoms with Gasteiger partial charge in [0.25, 0.3) is 0 Å². The number of carbonyl (C=O) groups is 1. The van der Waals surface area contributed by atoms with Crippen molar-refractivity contribution in [1.82, 2.24) is 5.16 Å². The normalized spacial score (nSPS) is 12.9. The molecular weight excluding hydrogens is 379 g/mol. The molecule has 8 heteroatoms. The van der Waals surface area contributed by atoms with Gasteiger partial charge < -0.3 is 9.26 Å². The Bertz CT molecular complexity index is 591. The Balaban J connectivity index is 2.92. The van der Waals surface area contributed by atoms with E-state index in [9.17, 15) is 18.0 Å².